The summed E-state index contributed by atoms with van der Waals surface area (Å²) in [6.07, 6.45) is 1.81. The van der Waals surface area contributed by atoms with Crippen LogP contribution in [0.4, 0.5) is 5.82 Å². The van der Waals surface area contributed by atoms with Crippen molar-refractivity contribution >= 4 is 11.7 Å². The monoisotopic (exact) mass is 276 g/mol. The van der Waals surface area contributed by atoms with Crippen molar-refractivity contribution in [1.82, 2.24) is 24.5 Å². The van der Waals surface area contributed by atoms with E-state index in [0.29, 0.717) is 18.1 Å². The SMILES string of the molecule is CCn1ncc(CN(C)C(=O)c2cc(N)nn2C)c1C. The molecule has 0 fully saturated rings. The number of hydrogen-bond acceptors (Lipinski definition) is 4. The van der Waals surface area contributed by atoms with Crippen molar-refractivity contribution < 1.29 is 4.79 Å². The summed E-state index contributed by atoms with van der Waals surface area (Å²) in [6, 6.07) is 1.58. The molecule has 0 bridgehead atoms. The topological polar surface area (TPSA) is 82.0 Å². The maximum absolute atomic E-state index is 12.4. The minimum absolute atomic E-state index is 0.111. The molecule has 0 spiro atoms. The summed E-state index contributed by atoms with van der Waals surface area (Å²) < 4.78 is 3.41. The molecule has 108 valence electrons. The van der Waals surface area contributed by atoms with Crippen LogP contribution in [0.25, 0.3) is 0 Å². The number of anilines is 1. The number of aromatic nitrogens is 4. The van der Waals surface area contributed by atoms with Crippen molar-refractivity contribution in [2.75, 3.05) is 12.8 Å². The molecule has 20 heavy (non-hydrogen) atoms. The Morgan fingerprint density at radius 3 is 2.70 bits per heavy atom. The Kier molecular flexibility index (Phi) is 3.78. The van der Waals surface area contributed by atoms with Gasteiger partial charge in [-0.05, 0) is 13.8 Å². The van der Waals surface area contributed by atoms with E-state index in [2.05, 4.69) is 10.2 Å². The van der Waals surface area contributed by atoms with Crippen molar-refractivity contribution in [1.29, 1.82) is 0 Å². The zero-order chi connectivity index (χ0) is 14.9. The Bertz CT molecular complexity index is 627. The molecular weight excluding hydrogens is 256 g/mol. The van der Waals surface area contributed by atoms with Gasteiger partial charge in [0.05, 0.1) is 6.20 Å². The number of nitrogens with two attached hydrogens (primary N) is 1. The molecule has 1 amide bonds. The van der Waals surface area contributed by atoms with Crippen LogP contribution in [-0.2, 0) is 20.1 Å². The molecule has 0 radical (unpaired) electrons. The zero-order valence-electron chi connectivity index (χ0n) is 12.3. The van der Waals surface area contributed by atoms with Gasteiger partial charge in [0.2, 0.25) is 0 Å². The maximum Gasteiger partial charge on any atom is 0.272 e. The second-order valence-electron chi connectivity index (χ2n) is 4.81. The molecule has 2 rings (SSSR count). The second-order valence-corrected chi connectivity index (χ2v) is 4.81. The first-order chi connectivity index (χ1) is 9.43. The lowest BCUT2D eigenvalue weighted by molar-refractivity contribution is 0.0774. The van der Waals surface area contributed by atoms with Gasteiger partial charge in [-0.1, -0.05) is 0 Å². The van der Waals surface area contributed by atoms with E-state index in [-0.39, 0.29) is 5.91 Å². The molecule has 7 nitrogen and oxygen atoms in total. The van der Waals surface area contributed by atoms with Gasteiger partial charge in [-0.3, -0.25) is 14.2 Å². The highest BCUT2D eigenvalue weighted by atomic mass is 16.2. The third-order valence-corrected chi connectivity index (χ3v) is 3.38. The minimum atomic E-state index is -0.111. The Morgan fingerprint density at radius 1 is 1.50 bits per heavy atom. The van der Waals surface area contributed by atoms with Crippen LogP contribution < -0.4 is 5.73 Å². The predicted molar refractivity (Wildman–Crippen MR) is 76.1 cm³/mol. The molecule has 0 unspecified atom stereocenters. The number of aryl methyl sites for hydroxylation is 2. The van der Waals surface area contributed by atoms with Gasteiger partial charge in [0.1, 0.15) is 11.5 Å². The van der Waals surface area contributed by atoms with Gasteiger partial charge in [0.15, 0.2) is 0 Å². The summed E-state index contributed by atoms with van der Waals surface area (Å²) in [5.41, 5.74) is 8.20. The molecule has 2 aromatic rings. The smallest absolute Gasteiger partial charge is 0.272 e. The number of nitrogens with zero attached hydrogens (tertiary/aromatic N) is 5. The molecule has 2 aromatic heterocycles. The summed E-state index contributed by atoms with van der Waals surface area (Å²) in [7, 11) is 3.46. The van der Waals surface area contributed by atoms with Crippen LogP contribution in [0.3, 0.4) is 0 Å². The molecule has 0 aliphatic heterocycles. The average Bonchev–Trinajstić information content (AvgIpc) is 2.92. The highest BCUT2D eigenvalue weighted by Gasteiger charge is 2.18. The Morgan fingerprint density at radius 2 is 2.20 bits per heavy atom. The molecular formula is C13H20N6O. The van der Waals surface area contributed by atoms with E-state index in [1.54, 1.807) is 31.3 Å². The van der Waals surface area contributed by atoms with Crippen LogP contribution in [0.2, 0.25) is 0 Å². The summed E-state index contributed by atoms with van der Waals surface area (Å²) >= 11 is 0. The highest BCUT2D eigenvalue weighted by molar-refractivity contribution is 5.93. The number of carbonyl (C=O) groups excluding carboxylic acids is 1. The summed E-state index contributed by atoms with van der Waals surface area (Å²) in [5.74, 6) is 0.236. The number of nitrogen functional groups attached to an aromatic ring is 1. The molecule has 2 N–H and O–H groups in total. The van der Waals surface area contributed by atoms with Crippen LogP contribution in [0.15, 0.2) is 12.3 Å². The molecule has 2 heterocycles. The van der Waals surface area contributed by atoms with Gasteiger partial charge in [-0.15, -0.1) is 0 Å². The third kappa shape index (κ3) is 2.52. The fraction of sp³-hybridized carbons (Fsp3) is 0.462. The van der Waals surface area contributed by atoms with E-state index in [4.69, 9.17) is 5.73 Å². The highest BCUT2D eigenvalue weighted by Crippen LogP contribution is 2.13. The fourth-order valence-corrected chi connectivity index (χ4v) is 2.17. The van der Waals surface area contributed by atoms with E-state index < -0.39 is 0 Å². The van der Waals surface area contributed by atoms with Crippen molar-refractivity contribution in [3.05, 3.63) is 29.2 Å². The van der Waals surface area contributed by atoms with Crippen LogP contribution in [-0.4, -0.2) is 37.4 Å². The van der Waals surface area contributed by atoms with Crippen molar-refractivity contribution in [2.45, 2.75) is 26.9 Å². The van der Waals surface area contributed by atoms with Gasteiger partial charge in [-0.2, -0.15) is 10.2 Å². The van der Waals surface area contributed by atoms with Crippen LogP contribution in [0.1, 0.15) is 28.7 Å². The molecule has 0 aliphatic carbocycles. The van der Waals surface area contributed by atoms with Gasteiger partial charge >= 0.3 is 0 Å². The Hall–Kier alpha value is -2.31. The maximum atomic E-state index is 12.4. The normalized spacial score (nSPS) is 10.8. The minimum Gasteiger partial charge on any atom is -0.382 e. The van der Waals surface area contributed by atoms with Crippen molar-refractivity contribution in [2.24, 2.45) is 7.05 Å². The first-order valence-electron chi connectivity index (χ1n) is 6.50. The predicted octanol–water partition coefficient (Wildman–Crippen LogP) is 0.799. The number of rotatable bonds is 4. The second kappa shape index (κ2) is 5.36. The lowest BCUT2D eigenvalue weighted by Gasteiger charge is -2.16. The van der Waals surface area contributed by atoms with Crippen molar-refractivity contribution in [3.8, 4) is 0 Å². The van der Waals surface area contributed by atoms with Crippen molar-refractivity contribution in [3.63, 3.8) is 0 Å². The fourth-order valence-electron chi connectivity index (χ4n) is 2.17. The summed E-state index contributed by atoms with van der Waals surface area (Å²) in [6.45, 7) is 5.38. The van der Waals surface area contributed by atoms with E-state index in [1.165, 1.54) is 4.68 Å². The molecule has 0 atom stereocenters. The van der Waals surface area contributed by atoms with Gasteiger partial charge in [-0.25, -0.2) is 0 Å². The van der Waals surface area contributed by atoms with Crippen LogP contribution >= 0.6 is 0 Å². The van der Waals surface area contributed by atoms with E-state index in [9.17, 15) is 4.79 Å². The lowest BCUT2D eigenvalue weighted by Crippen LogP contribution is -2.28. The van der Waals surface area contributed by atoms with Gasteiger partial charge in [0, 0.05) is 44.5 Å². The molecule has 0 saturated carbocycles. The average molecular weight is 276 g/mol. The molecule has 0 saturated heterocycles. The zero-order valence-corrected chi connectivity index (χ0v) is 12.3. The number of carbonyl (C=O) groups is 1. The molecule has 0 aromatic carbocycles. The molecule has 7 heteroatoms. The quantitative estimate of drug-likeness (QED) is 0.895. The van der Waals surface area contributed by atoms with E-state index in [0.717, 1.165) is 17.8 Å². The first kappa shape index (κ1) is 14.1. The van der Waals surface area contributed by atoms with E-state index >= 15 is 0 Å². The lowest BCUT2D eigenvalue weighted by atomic mass is 10.2. The largest absolute Gasteiger partial charge is 0.382 e. The number of hydrogen-bond donors (Lipinski definition) is 1. The van der Waals surface area contributed by atoms with Gasteiger partial charge in [0.25, 0.3) is 5.91 Å². The first-order valence-corrected chi connectivity index (χ1v) is 6.50. The van der Waals surface area contributed by atoms with E-state index in [1.807, 2.05) is 18.5 Å². The van der Waals surface area contributed by atoms with Crippen LogP contribution in [0, 0.1) is 6.92 Å². The summed E-state index contributed by atoms with van der Waals surface area (Å²) in [5, 5.41) is 8.27. The third-order valence-electron chi connectivity index (χ3n) is 3.38. The number of amides is 1. The van der Waals surface area contributed by atoms with Crippen LogP contribution in [0.5, 0.6) is 0 Å². The summed E-state index contributed by atoms with van der Waals surface area (Å²) in [4.78, 5) is 14.0. The standard InChI is InChI=1S/C13H20N6O/c1-5-19-9(2)10(7-15-19)8-17(3)13(20)11-6-12(14)16-18(11)4/h6-7H,5,8H2,1-4H3,(H2,14,16). The van der Waals surface area contributed by atoms with Gasteiger partial charge < -0.3 is 10.6 Å². The Balaban J connectivity index is 2.15. The molecule has 0 aliphatic rings. The Labute approximate surface area is 118 Å².